The van der Waals surface area contributed by atoms with E-state index < -0.39 is 10.0 Å². The second-order valence-corrected chi connectivity index (χ2v) is 10.7. The number of carbonyl (C=O) groups excluding carboxylic acids is 1. The third-order valence-electron chi connectivity index (χ3n) is 5.05. The summed E-state index contributed by atoms with van der Waals surface area (Å²) < 4.78 is 33.8. The van der Waals surface area contributed by atoms with Gasteiger partial charge in [0.25, 0.3) is 5.91 Å². The predicted molar refractivity (Wildman–Crippen MR) is 132 cm³/mol. The summed E-state index contributed by atoms with van der Waals surface area (Å²) in [6.07, 6.45) is 0. The molecule has 2 N–H and O–H groups in total. The maximum Gasteiger partial charge on any atom is 0.251 e. The minimum Gasteiger partial charge on any atom is -0.495 e. The van der Waals surface area contributed by atoms with Crippen LogP contribution in [0, 0.1) is 0 Å². The van der Waals surface area contributed by atoms with E-state index in [9.17, 15) is 13.2 Å². The van der Waals surface area contributed by atoms with Gasteiger partial charge in [-0.1, -0.05) is 29.8 Å². The molecular formula is C23H26ClN3O4S2. The molecule has 7 nitrogen and oxygen atoms in total. The van der Waals surface area contributed by atoms with E-state index in [1.54, 1.807) is 41.7 Å². The largest absolute Gasteiger partial charge is 0.495 e. The highest BCUT2D eigenvalue weighted by Gasteiger charge is 2.22. The number of ether oxygens (including phenoxy) is 1. The highest BCUT2D eigenvalue weighted by molar-refractivity contribution is 7.89. The van der Waals surface area contributed by atoms with Crippen LogP contribution in [-0.2, 0) is 16.6 Å². The lowest BCUT2D eigenvalue weighted by Crippen LogP contribution is -2.34. The first-order valence-electron chi connectivity index (χ1n) is 10.1. The number of halogens is 1. The Hall–Kier alpha value is -2.43. The van der Waals surface area contributed by atoms with Crippen molar-refractivity contribution in [3.05, 3.63) is 81.0 Å². The number of benzene rings is 2. The van der Waals surface area contributed by atoms with Gasteiger partial charge in [-0.2, -0.15) is 0 Å². The van der Waals surface area contributed by atoms with Gasteiger partial charge in [0, 0.05) is 28.6 Å². The van der Waals surface area contributed by atoms with Crippen molar-refractivity contribution in [1.29, 1.82) is 0 Å². The third-order valence-corrected chi connectivity index (χ3v) is 7.69. The number of amides is 1. The van der Waals surface area contributed by atoms with Crippen LogP contribution in [0.25, 0.3) is 0 Å². The Labute approximate surface area is 203 Å². The number of hydrogen-bond acceptors (Lipinski definition) is 6. The van der Waals surface area contributed by atoms with Crippen molar-refractivity contribution in [3.63, 3.8) is 0 Å². The van der Waals surface area contributed by atoms with Gasteiger partial charge < -0.3 is 15.0 Å². The molecule has 0 aliphatic heterocycles. The Bertz CT molecular complexity index is 1180. The standard InChI is InChI=1S/C23H26ClN3O4S2/c1-27(2)19(21-5-4-12-32-21)15-25-23(28)17-8-11-20(31-3)22(13-17)33(29,30)26-14-16-6-9-18(24)10-7-16/h4-13,19,26H,14-15H2,1-3H3,(H,25,28)/t19-/m1/s1. The molecular weight excluding hydrogens is 482 g/mol. The maximum atomic E-state index is 13.0. The second-order valence-electron chi connectivity index (χ2n) is 7.52. The second kappa shape index (κ2) is 11.1. The first kappa shape index (κ1) is 25.2. The smallest absolute Gasteiger partial charge is 0.251 e. The van der Waals surface area contributed by atoms with Crippen LogP contribution >= 0.6 is 22.9 Å². The van der Waals surface area contributed by atoms with Crippen LogP contribution in [0.2, 0.25) is 5.02 Å². The van der Waals surface area contributed by atoms with E-state index in [0.29, 0.717) is 11.6 Å². The number of likely N-dealkylation sites (N-methyl/N-ethyl adjacent to an activating group) is 1. The minimum absolute atomic E-state index is 0.0106. The zero-order valence-corrected chi connectivity index (χ0v) is 20.9. The van der Waals surface area contributed by atoms with Gasteiger partial charge in [0.05, 0.1) is 13.2 Å². The summed E-state index contributed by atoms with van der Waals surface area (Å²) in [6, 6.07) is 15.2. The van der Waals surface area contributed by atoms with Crippen LogP contribution < -0.4 is 14.8 Å². The van der Waals surface area contributed by atoms with Gasteiger partial charge in [-0.3, -0.25) is 4.79 Å². The summed E-state index contributed by atoms with van der Waals surface area (Å²) in [4.78, 5) is 15.9. The van der Waals surface area contributed by atoms with Crippen LogP contribution in [0.15, 0.2) is 64.9 Å². The van der Waals surface area contributed by atoms with Crippen molar-refractivity contribution in [1.82, 2.24) is 14.9 Å². The molecule has 0 aliphatic rings. The van der Waals surface area contributed by atoms with Crippen molar-refractivity contribution < 1.29 is 17.9 Å². The molecule has 3 rings (SSSR count). The third kappa shape index (κ3) is 6.55. The molecule has 0 bridgehead atoms. The summed E-state index contributed by atoms with van der Waals surface area (Å²) in [6.45, 7) is 0.458. The number of nitrogens with one attached hydrogen (secondary N) is 2. The Balaban J connectivity index is 1.76. The van der Waals surface area contributed by atoms with Crippen molar-refractivity contribution >= 4 is 38.9 Å². The molecule has 1 heterocycles. The van der Waals surface area contributed by atoms with Crippen LogP contribution in [0.4, 0.5) is 0 Å². The van der Waals surface area contributed by atoms with Crippen LogP contribution in [0.3, 0.4) is 0 Å². The van der Waals surface area contributed by atoms with Crippen molar-refractivity contribution in [2.24, 2.45) is 0 Å². The topological polar surface area (TPSA) is 87.7 Å². The molecule has 0 radical (unpaired) electrons. The van der Waals surface area contributed by atoms with Gasteiger partial charge >= 0.3 is 0 Å². The van der Waals surface area contributed by atoms with Crippen LogP contribution in [0.5, 0.6) is 5.75 Å². The molecule has 3 aromatic rings. The zero-order valence-electron chi connectivity index (χ0n) is 18.5. The molecule has 0 unspecified atom stereocenters. The van der Waals surface area contributed by atoms with E-state index in [-0.39, 0.29) is 34.7 Å². The number of thiophene rings is 1. The Morgan fingerprint density at radius 2 is 1.88 bits per heavy atom. The summed E-state index contributed by atoms with van der Waals surface area (Å²) in [5.41, 5.74) is 0.977. The Morgan fingerprint density at radius 1 is 1.15 bits per heavy atom. The van der Waals surface area contributed by atoms with Gasteiger partial charge in [0.1, 0.15) is 10.6 Å². The fourth-order valence-corrected chi connectivity index (χ4v) is 5.46. The van der Waals surface area contributed by atoms with Gasteiger partial charge in [0.15, 0.2) is 0 Å². The number of methoxy groups -OCH3 is 1. The van der Waals surface area contributed by atoms with Crippen molar-refractivity contribution in [2.75, 3.05) is 27.7 Å². The molecule has 0 aliphatic carbocycles. The fraction of sp³-hybridized carbons (Fsp3) is 0.261. The van der Waals surface area contributed by atoms with E-state index in [0.717, 1.165) is 10.4 Å². The average Bonchev–Trinajstić information content (AvgIpc) is 3.32. The SMILES string of the molecule is COc1ccc(C(=O)NC[C@H](c2cccs2)N(C)C)cc1S(=O)(=O)NCc1ccc(Cl)cc1. The van der Waals surface area contributed by atoms with E-state index >= 15 is 0 Å². The highest BCUT2D eigenvalue weighted by atomic mass is 35.5. The quantitative estimate of drug-likeness (QED) is 0.434. The van der Waals surface area contributed by atoms with E-state index in [4.69, 9.17) is 16.3 Å². The normalized spacial score (nSPS) is 12.5. The zero-order chi connectivity index (χ0) is 24.0. The molecule has 10 heteroatoms. The van der Waals surface area contributed by atoms with Gasteiger partial charge in [-0.05, 0) is 61.4 Å². The lowest BCUT2D eigenvalue weighted by atomic mass is 10.2. The first-order chi connectivity index (χ1) is 15.7. The van der Waals surface area contributed by atoms with Gasteiger partial charge in [-0.15, -0.1) is 11.3 Å². The Morgan fingerprint density at radius 3 is 2.48 bits per heavy atom. The van der Waals surface area contributed by atoms with E-state index in [1.165, 1.54) is 19.2 Å². The van der Waals surface area contributed by atoms with Crippen LogP contribution in [0.1, 0.15) is 26.8 Å². The Kier molecular flexibility index (Phi) is 8.50. The van der Waals surface area contributed by atoms with Gasteiger partial charge in [-0.25, -0.2) is 13.1 Å². The maximum absolute atomic E-state index is 13.0. The predicted octanol–water partition coefficient (Wildman–Crippen LogP) is 3.92. The van der Waals surface area contributed by atoms with E-state index in [2.05, 4.69) is 10.0 Å². The molecule has 176 valence electrons. The summed E-state index contributed by atoms with van der Waals surface area (Å²) in [5, 5.41) is 5.46. The number of sulfonamides is 1. The molecule has 0 spiro atoms. The first-order valence-corrected chi connectivity index (χ1v) is 12.9. The van der Waals surface area contributed by atoms with Crippen molar-refractivity contribution in [2.45, 2.75) is 17.5 Å². The minimum atomic E-state index is -3.94. The number of nitrogens with zero attached hydrogens (tertiary/aromatic N) is 1. The highest BCUT2D eigenvalue weighted by Crippen LogP contribution is 2.26. The van der Waals surface area contributed by atoms with Gasteiger partial charge in [0.2, 0.25) is 10.0 Å². The average molecular weight is 508 g/mol. The number of rotatable bonds is 10. The molecule has 33 heavy (non-hydrogen) atoms. The molecule has 1 amide bonds. The lowest BCUT2D eigenvalue weighted by Gasteiger charge is -2.23. The molecule has 1 aromatic heterocycles. The summed E-state index contributed by atoms with van der Waals surface area (Å²) in [7, 11) is 1.33. The molecule has 0 saturated carbocycles. The molecule has 2 aromatic carbocycles. The molecule has 0 fully saturated rings. The lowest BCUT2D eigenvalue weighted by molar-refractivity contribution is 0.0942. The fourth-order valence-electron chi connectivity index (χ4n) is 3.20. The van der Waals surface area contributed by atoms with Crippen molar-refractivity contribution in [3.8, 4) is 5.75 Å². The number of carbonyl (C=O) groups is 1. The summed E-state index contributed by atoms with van der Waals surface area (Å²) >= 11 is 7.50. The molecule has 0 saturated heterocycles. The van der Waals surface area contributed by atoms with E-state index in [1.807, 2.05) is 36.5 Å². The molecule has 1 atom stereocenters. The summed E-state index contributed by atoms with van der Waals surface area (Å²) in [5.74, 6) is -0.213. The monoisotopic (exact) mass is 507 g/mol. The van der Waals surface area contributed by atoms with Crippen LogP contribution in [-0.4, -0.2) is 47.0 Å². The number of hydrogen-bond donors (Lipinski definition) is 2.